The van der Waals surface area contributed by atoms with Gasteiger partial charge < -0.3 is 0 Å². The minimum absolute atomic E-state index is 1.35. The molecule has 21 heteroatoms. The molecular weight excluding hydrogens is 516 g/mol. The first-order valence-electron chi connectivity index (χ1n) is 6.44. The van der Waals surface area contributed by atoms with Gasteiger partial charge in [-0.2, -0.15) is 79.0 Å². The van der Waals surface area contributed by atoms with Crippen molar-refractivity contribution in [3.63, 3.8) is 0 Å². The highest BCUT2D eigenvalue weighted by molar-refractivity contribution is 5.32. The fourth-order valence-electron chi connectivity index (χ4n) is 2.91. The maximum atomic E-state index is 14.4. The van der Waals surface area contributed by atoms with Crippen LogP contribution in [0, 0.1) is 5.41 Å². The molecule has 1 fully saturated rings. The third-order valence-electron chi connectivity index (χ3n) is 4.10. The Hall–Kier alpha value is -1.44. The first-order chi connectivity index (χ1) is 13.0. The molecular formula is C10F20O. The molecule has 0 aliphatic carbocycles. The van der Waals surface area contributed by atoms with Gasteiger partial charge in [-0.1, -0.05) is 0 Å². The number of hydrogen-bond acceptors (Lipinski definition) is 1. The average molecular weight is 516 g/mol. The lowest BCUT2D eigenvalue weighted by Gasteiger charge is -2.49. The molecule has 4 unspecified atom stereocenters. The summed E-state index contributed by atoms with van der Waals surface area (Å²) in [6, 6.07) is 0. The van der Waals surface area contributed by atoms with E-state index in [0.717, 1.165) is 0 Å². The Labute approximate surface area is 153 Å². The van der Waals surface area contributed by atoms with Gasteiger partial charge in [0.05, 0.1) is 0 Å². The van der Waals surface area contributed by atoms with E-state index in [2.05, 4.69) is 0 Å². The highest BCUT2D eigenvalue weighted by Crippen LogP contribution is 2.81. The van der Waals surface area contributed by atoms with Crippen LogP contribution in [0.25, 0.3) is 0 Å². The van der Waals surface area contributed by atoms with Gasteiger partial charge >= 0.3 is 48.5 Å². The van der Waals surface area contributed by atoms with E-state index in [9.17, 15) is 87.8 Å². The van der Waals surface area contributed by atoms with E-state index < -0.39 is 59.6 Å². The molecule has 0 spiro atoms. The predicted molar refractivity (Wildman–Crippen MR) is 50.3 cm³/mol. The summed E-state index contributed by atoms with van der Waals surface area (Å²) >= 11 is 0. The third-order valence-corrected chi connectivity index (χ3v) is 4.10. The molecule has 0 saturated carbocycles. The minimum atomic E-state index is -9.28. The Balaban J connectivity index is 4.67. The molecule has 0 radical (unpaired) electrons. The van der Waals surface area contributed by atoms with Crippen LogP contribution in [-0.2, 0) is 4.74 Å². The fourth-order valence-corrected chi connectivity index (χ4v) is 2.91. The number of ether oxygens (including phenoxy) is 1. The number of halogens is 20. The van der Waals surface area contributed by atoms with Crippen LogP contribution in [-0.4, -0.2) is 54.2 Å². The summed E-state index contributed by atoms with van der Waals surface area (Å²) in [7, 11) is 0. The Kier molecular flexibility index (Phi) is 5.44. The summed E-state index contributed by atoms with van der Waals surface area (Å²) < 4.78 is 263. The van der Waals surface area contributed by atoms with Crippen LogP contribution < -0.4 is 0 Å². The van der Waals surface area contributed by atoms with Gasteiger partial charge in [-0.05, 0) is 0 Å². The van der Waals surface area contributed by atoms with E-state index in [1.807, 2.05) is 0 Å². The highest BCUT2D eigenvalue weighted by Gasteiger charge is 3.12. The SMILES string of the molecule is FC(F)(F)C(F)(F)C1(C(F)(F)F)C(F)(C(F)(F)F)OC(F)(C(F)(F)F)C1(F)C(F)(F)F. The minimum Gasteiger partial charge on any atom is -0.290 e. The van der Waals surface area contributed by atoms with Gasteiger partial charge in [0.1, 0.15) is 0 Å². The zero-order chi connectivity index (χ0) is 25.7. The molecule has 186 valence electrons. The van der Waals surface area contributed by atoms with Crippen LogP contribution >= 0.6 is 0 Å². The van der Waals surface area contributed by atoms with Gasteiger partial charge in [0.15, 0.2) is 0 Å². The monoisotopic (exact) mass is 516 g/mol. The maximum absolute atomic E-state index is 14.4. The van der Waals surface area contributed by atoms with Gasteiger partial charge in [-0.15, -0.1) is 0 Å². The molecule has 31 heavy (non-hydrogen) atoms. The lowest BCUT2D eigenvalue weighted by atomic mass is 9.61. The van der Waals surface area contributed by atoms with Gasteiger partial charge in [0.2, 0.25) is 0 Å². The van der Waals surface area contributed by atoms with Crippen LogP contribution in [0.4, 0.5) is 87.8 Å². The fraction of sp³-hybridized carbons (Fsp3) is 1.00. The van der Waals surface area contributed by atoms with Crippen molar-refractivity contribution in [2.45, 2.75) is 54.2 Å². The second kappa shape index (κ2) is 6.12. The summed E-state index contributed by atoms with van der Waals surface area (Å²) in [4.78, 5) is 0. The first kappa shape index (κ1) is 27.6. The van der Waals surface area contributed by atoms with Crippen LogP contribution in [0.1, 0.15) is 0 Å². The molecule has 1 heterocycles. The van der Waals surface area contributed by atoms with Crippen LogP contribution in [0.15, 0.2) is 0 Å². The first-order valence-corrected chi connectivity index (χ1v) is 6.44. The number of alkyl halides is 20. The molecule has 1 saturated heterocycles. The summed E-state index contributed by atoms with van der Waals surface area (Å²) in [6.07, 6.45) is -42.7. The van der Waals surface area contributed by atoms with Crippen molar-refractivity contribution in [1.82, 2.24) is 0 Å². The van der Waals surface area contributed by atoms with Crippen molar-refractivity contribution in [3.8, 4) is 0 Å². The Morgan fingerprint density at radius 1 is 0.419 bits per heavy atom. The topological polar surface area (TPSA) is 9.23 Å². The Bertz CT molecular complexity index is 706. The zero-order valence-electron chi connectivity index (χ0n) is 13.0. The molecule has 1 rings (SSSR count). The zero-order valence-corrected chi connectivity index (χ0v) is 13.0. The molecule has 4 atom stereocenters. The molecule has 0 bridgehead atoms. The summed E-state index contributed by atoms with van der Waals surface area (Å²) in [5.74, 6) is -26.1. The number of hydrogen-bond donors (Lipinski definition) is 0. The summed E-state index contributed by atoms with van der Waals surface area (Å²) in [5, 5.41) is 0. The van der Waals surface area contributed by atoms with Crippen molar-refractivity contribution in [1.29, 1.82) is 0 Å². The molecule has 0 amide bonds. The van der Waals surface area contributed by atoms with Gasteiger partial charge in [0, 0.05) is 0 Å². The van der Waals surface area contributed by atoms with Gasteiger partial charge in [-0.25, -0.2) is 8.78 Å². The molecule has 1 aliphatic rings. The molecule has 1 aliphatic heterocycles. The average Bonchev–Trinajstić information content (AvgIpc) is 2.59. The quantitative estimate of drug-likeness (QED) is 0.363. The second-order valence-electron chi connectivity index (χ2n) is 5.76. The second-order valence-corrected chi connectivity index (χ2v) is 5.76. The van der Waals surface area contributed by atoms with E-state index in [4.69, 9.17) is 0 Å². The van der Waals surface area contributed by atoms with Crippen molar-refractivity contribution >= 4 is 0 Å². The number of rotatable bonds is 1. The largest absolute Gasteiger partial charge is 0.454 e. The van der Waals surface area contributed by atoms with E-state index in [-0.39, 0.29) is 0 Å². The molecule has 0 aromatic rings. The smallest absolute Gasteiger partial charge is 0.290 e. The van der Waals surface area contributed by atoms with Crippen LogP contribution in [0.3, 0.4) is 0 Å². The molecule has 0 aromatic heterocycles. The summed E-state index contributed by atoms with van der Waals surface area (Å²) in [6.45, 7) is 0. The molecule has 0 N–H and O–H groups in total. The Morgan fingerprint density at radius 2 is 0.742 bits per heavy atom. The Morgan fingerprint density at radius 3 is 0.935 bits per heavy atom. The highest BCUT2D eigenvalue weighted by atomic mass is 19.4. The molecule has 0 aromatic carbocycles. The van der Waals surface area contributed by atoms with Gasteiger partial charge in [0.25, 0.3) is 11.1 Å². The van der Waals surface area contributed by atoms with E-state index in [0.29, 0.717) is 0 Å². The third kappa shape index (κ3) is 2.75. The lowest BCUT2D eigenvalue weighted by Crippen LogP contribution is -2.81. The van der Waals surface area contributed by atoms with E-state index in [1.165, 1.54) is 4.74 Å². The standard InChI is InChI=1S/C10F20O/c11-2(7(19,20)21)1(6(16,17)18,3(12,13)8(22,23)24)4(14,9(25,26)27)31-5(2,15)10(28,29)30. The van der Waals surface area contributed by atoms with Crippen molar-refractivity contribution in [2.75, 3.05) is 0 Å². The molecule has 1 nitrogen and oxygen atoms in total. The van der Waals surface area contributed by atoms with E-state index >= 15 is 0 Å². The summed E-state index contributed by atoms with van der Waals surface area (Å²) in [5.41, 5.74) is -18.4. The van der Waals surface area contributed by atoms with Crippen LogP contribution in [0.5, 0.6) is 0 Å². The van der Waals surface area contributed by atoms with Gasteiger partial charge in [-0.3, -0.25) is 4.74 Å². The van der Waals surface area contributed by atoms with Crippen molar-refractivity contribution < 1.29 is 92.5 Å². The van der Waals surface area contributed by atoms with Crippen molar-refractivity contribution in [2.24, 2.45) is 5.41 Å². The van der Waals surface area contributed by atoms with Crippen LogP contribution in [0.2, 0.25) is 0 Å². The van der Waals surface area contributed by atoms with E-state index in [1.54, 1.807) is 0 Å². The lowest BCUT2D eigenvalue weighted by molar-refractivity contribution is -0.489. The predicted octanol–water partition coefficient (Wildman–Crippen LogP) is 6.49. The van der Waals surface area contributed by atoms with Crippen molar-refractivity contribution in [3.05, 3.63) is 0 Å². The normalized spacial score (nSPS) is 36.8. The maximum Gasteiger partial charge on any atom is 0.454 e.